The molecule has 0 aliphatic carbocycles. The molecule has 0 N–H and O–H groups in total. The number of hydrogen-bond donors (Lipinski definition) is 0. The van der Waals surface area contributed by atoms with Crippen LogP contribution < -0.4 is 0 Å². The number of nitrogens with zero attached hydrogens (tertiary/aromatic N) is 1. The minimum atomic E-state index is -0.434. The number of piperidine rings is 1. The smallest absolute Gasteiger partial charge is 0.251 e. The summed E-state index contributed by atoms with van der Waals surface area (Å²) in [7, 11) is 0. The van der Waals surface area contributed by atoms with Gasteiger partial charge in [-0.15, -0.1) is 0 Å². The standard InChI is InChI=1S/C16H27NO5/c1-13(20-12-14-4-2-3-9-19-14)15(18)17-7-5-16(6-8-17)21-10-11-22-16/h13-14H,2-12H2,1H3. The Morgan fingerprint density at radius 2 is 1.95 bits per heavy atom. The zero-order valence-electron chi connectivity index (χ0n) is 13.4. The molecule has 1 amide bonds. The quantitative estimate of drug-likeness (QED) is 0.783. The third-order valence-electron chi connectivity index (χ3n) is 4.80. The highest BCUT2D eigenvalue weighted by Crippen LogP contribution is 2.31. The molecule has 3 rings (SSSR count). The molecule has 3 aliphatic rings. The lowest BCUT2D eigenvalue weighted by atomic mass is 10.0. The molecule has 3 fully saturated rings. The minimum Gasteiger partial charge on any atom is -0.376 e. The van der Waals surface area contributed by atoms with E-state index in [0.29, 0.717) is 32.9 Å². The van der Waals surface area contributed by atoms with E-state index in [1.165, 1.54) is 6.42 Å². The van der Waals surface area contributed by atoms with Gasteiger partial charge in [0.15, 0.2) is 5.79 Å². The van der Waals surface area contributed by atoms with Crippen LogP contribution in [0.5, 0.6) is 0 Å². The first-order valence-electron chi connectivity index (χ1n) is 8.48. The molecule has 0 radical (unpaired) electrons. The summed E-state index contributed by atoms with van der Waals surface area (Å²) in [4.78, 5) is 14.3. The van der Waals surface area contributed by atoms with Crippen LogP contribution in [0.2, 0.25) is 0 Å². The van der Waals surface area contributed by atoms with Crippen LogP contribution in [0.25, 0.3) is 0 Å². The maximum absolute atomic E-state index is 12.5. The minimum absolute atomic E-state index is 0.0589. The maximum Gasteiger partial charge on any atom is 0.251 e. The van der Waals surface area contributed by atoms with Crippen molar-refractivity contribution in [3.05, 3.63) is 0 Å². The predicted molar refractivity (Wildman–Crippen MR) is 79.5 cm³/mol. The average Bonchev–Trinajstić information content (AvgIpc) is 3.02. The van der Waals surface area contributed by atoms with Crippen molar-refractivity contribution in [1.29, 1.82) is 0 Å². The van der Waals surface area contributed by atoms with E-state index in [1.807, 2.05) is 11.8 Å². The van der Waals surface area contributed by atoms with E-state index in [2.05, 4.69) is 0 Å². The van der Waals surface area contributed by atoms with Crippen molar-refractivity contribution in [3.63, 3.8) is 0 Å². The molecule has 6 heteroatoms. The fourth-order valence-corrected chi connectivity index (χ4v) is 3.37. The van der Waals surface area contributed by atoms with Gasteiger partial charge in [0.2, 0.25) is 0 Å². The summed E-state index contributed by atoms with van der Waals surface area (Å²) in [5.74, 6) is -0.375. The lowest BCUT2D eigenvalue weighted by Crippen LogP contribution is -2.50. The van der Waals surface area contributed by atoms with Crippen LogP contribution in [0.1, 0.15) is 39.0 Å². The van der Waals surface area contributed by atoms with Gasteiger partial charge >= 0.3 is 0 Å². The first-order chi connectivity index (χ1) is 10.7. The first kappa shape index (κ1) is 16.2. The summed E-state index contributed by atoms with van der Waals surface area (Å²) in [5.41, 5.74) is 0. The number of likely N-dealkylation sites (tertiary alicyclic amines) is 1. The Kier molecular flexibility index (Phi) is 5.33. The third kappa shape index (κ3) is 3.79. The van der Waals surface area contributed by atoms with Crippen LogP contribution in [0.4, 0.5) is 0 Å². The molecule has 3 saturated heterocycles. The highest BCUT2D eigenvalue weighted by Gasteiger charge is 2.41. The van der Waals surface area contributed by atoms with Crippen LogP contribution in [0.15, 0.2) is 0 Å². The number of ether oxygens (including phenoxy) is 4. The molecular weight excluding hydrogens is 286 g/mol. The molecule has 3 heterocycles. The van der Waals surface area contributed by atoms with Crippen molar-refractivity contribution in [2.24, 2.45) is 0 Å². The Hall–Kier alpha value is -0.690. The molecule has 0 aromatic heterocycles. The number of hydrogen-bond acceptors (Lipinski definition) is 5. The Labute approximate surface area is 132 Å². The second-order valence-corrected chi connectivity index (χ2v) is 6.40. The number of rotatable bonds is 4. The SMILES string of the molecule is CC(OCC1CCCCO1)C(=O)N1CCC2(CC1)OCCO2. The summed E-state index contributed by atoms with van der Waals surface area (Å²) in [6, 6.07) is 0. The van der Waals surface area contributed by atoms with Crippen LogP contribution in [-0.4, -0.2) is 68.3 Å². The molecule has 6 nitrogen and oxygen atoms in total. The van der Waals surface area contributed by atoms with Crippen molar-refractivity contribution < 1.29 is 23.7 Å². The molecule has 126 valence electrons. The summed E-state index contributed by atoms with van der Waals surface area (Å²) in [6.07, 6.45) is 4.57. The van der Waals surface area contributed by atoms with E-state index in [4.69, 9.17) is 18.9 Å². The van der Waals surface area contributed by atoms with Gasteiger partial charge in [-0.2, -0.15) is 0 Å². The van der Waals surface area contributed by atoms with Crippen LogP contribution in [0.3, 0.4) is 0 Å². The Balaban J connectivity index is 1.41. The van der Waals surface area contributed by atoms with Gasteiger partial charge in [0.25, 0.3) is 5.91 Å². The lowest BCUT2D eigenvalue weighted by molar-refractivity contribution is -0.190. The second kappa shape index (κ2) is 7.25. The van der Waals surface area contributed by atoms with E-state index in [9.17, 15) is 4.79 Å². The molecule has 1 spiro atoms. The number of amides is 1. The normalized spacial score (nSPS) is 29.7. The second-order valence-electron chi connectivity index (χ2n) is 6.40. The molecule has 0 saturated carbocycles. The Morgan fingerprint density at radius 3 is 2.59 bits per heavy atom. The molecular formula is C16H27NO5. The summed E-state index contributed by atoms with van der Waals surface area (Å²) in [6.45, 7) is 5.82. The lowest BCUT2D eigenvalue weighted by Gasteiger charge is -2.38. The highest BCUT2D eigenvalue weighted by atomic mass is 16.7. The van der Waals surface area contributed by atoms with E-state index < -0.39 is 11.9 Å². The van der Waals surface area contributed by atoms with Gasteiger partial charge in [0.1, 0.15) is 6.10 Å². The zero-order valence-corrected chi connectivity index (χ0v) is 13.4. The predicted octanol–water partition coefficient (Wildman–Crippen LogP) is 1.33. The first-order valence-corrected chi connectivity index (χ1v) is 8.48. The Morgan fingerprint density at radius 1 is 1.23 bits per heavy atom. The summed E-state index contributed by atoms with van der Waals surface area (Å²) >= 11 is 0. The zero-order chi connectivity index (χ0) is 15.4. The van der Waals surface area contributed by atoms with Crippen molar-refractivity contribution >= 4 is 5.91 Å². The van der Waals surface area contributed by atoms with Crippen LogP contribution >= 0.6 is 0 Å². The van der Waals surface area contributed by atoms with E-state index in [1.54, 1.807) is 0 Å². The van der Waals surface area contributed by atoms with E-state index in [-0.39, 0.29) is 12.0 Å². The molecule has 0 aromatic rings. The van der Waals surface area contributed by atoms with Gasteiger partial charge in [-0.1, -0.05) is 0 Å². The van der Waals surface area contributed by atoms with Crippen molar-refractivity contribution in [2.45, 2.75) is 57.0 Å². The fourth-order valence-electron chi connectivity index (χ4n) is 3.37. The third-order valence-corrected chi connectivity index (χ3v) is 4.80. The van der Waals surface area contributed by atoms with Crippen molar-refractivity contribution in [2.75, 3.05) is 39.5 Å². The van der Waals surface area contributed by atoms with Gasteiger partial charge in [0, 0.05) is 32.5 Å². The monoisotopic (exact) mass is 313 g/mol. The number of carbonyl (C=O) groups is 1. The van der Waals surface area contributed by atoms with E-state index >= 15 is 0 Å². The van der Waals surface area contributed by atoms with Crippen LogP contribution in [-0.2, 0) is 23.7 Å². The fraction of sp³-hybridized carbons (Fsp3) is 0.938. The Bertz CT molecular complexity index is 367. The van der Waals surface area contributed by atoms with Crippen molar-refractivity contribution in [1.82, 2.24) is 4.90 Å². The number of carbonyl (C=O) groups excluding carboxylic acids is 1. The molecule has 22 heavy (non-hydrogen) atoms. The molecule has 0 bridgehead atoms. The van der Waals surface area contributed by atoms with Gasteiger partial charge < -0.3 is 23.8 Å². The molecule has 2 unspecified atom stereocenters. The molecule has 2 atom stereocenters. The topological polar surface area (TPSA) is 57.2 Å². The summed E-state index contributed by atoms with van der Waals surface area (Å²) < 4.78 is 22.7. The van der Waals surface area contributed by atoms with Gasteiger partial charge in [0.05, 0.1) is 25.9 Å². The van der Waals surface area contributed by atoms with Crippen molar-refractivity contribution in [3.8, 4) is 0 Å². The molecule has 3 aliphatic heterocycles. The van der Waals surface area contributed by atoms with Gasteiger partial charge in [-0.05, 0) is 26.2 Å². The summed E-state index contributed by atoms with van der Waals surface area (Å²) in [5, 5.41) is 0. The van der Waals surface area contributed by atoms with Gasteiger partial charge in [-0.3, -0.25) is 4.79 Å². The average molecular weight is 313 g/mol. The van der Waals surface area contributed by atoms with Crippen LogP contribution in [0, 0.1) is 0 Å². The molecule has 0 aromatic carbocycles. The van der Waals surface area contributed by atoms with Gasteiger partial charge in [-0.25, -0.2) is 0 Å². The maximum atomic E-state index is 12.5. The largest absolute Gasteiger partial charge is 0.376 e. The van der Waals surface area contributed by atoms with E-state index in [0.717, 1.165) is 32.3 Å². The highest BCUT2D eigenvalue weighted by molar-refractivity contribution is 5.80.